The molecule has 2 atom stereocenters. The summed E-state index contributed by atoms with van der Waals surface area (Å²) in [7, 11) is 0. The standard InChI is InChI=1S/C26H30N4O4/c31-24(15-14-19-8-3-1-4-9-19)29-23(16-20-10-5-2-6-11-20)25(32)30-22(26(33)34)13-7-12-21-17-27-18-28-21/h1-6,8-11,17-18,22-23H,7,12-16H2,(H,27,28)(H,29,31)(H,30,32)(H,33,34)/t22?,23-/m1/s1. The molecule has 34 heavy (non-hydrogen) atoms. The number of aliphatic carboxylic acids is 1. The largest absolute Gasteiger partial charge is 0.480 e. The lowest BCUT2D eigenvalue weighted by molar-refractivity contribution is -0.142. The van der Waals surface area contributed by atoms with Gasteiger partial charge in [-0.1, -0.05) is 60.7 Å². The van der Waals surface area contributed by atoms with Crippen LogP contribution in [0, 0.1) is 0 Å². The van der Waals surface area contributed by atoms with E-state index in [1.807, 2.05) is 60.7 Å². The zero-order chi connectivity index (χ0) is 24.2. The molecule has 0 saturated carbocycles. The maximum atomic E-state index is 13.1. The van der Waals surface area contributed by atoms with Crippen LogP contribution in [0.25, 0.3) is 0 Å². The summed E-state index contributed by atoms with van der Waals surface area (Å²) in [4.78, 5) is 44.4. The first-order valence-corrected chi connectivity index (χ1v) is 11.4. The average molecular weight is 463 g/mol. The van der Waals surface area contributed by atoms with E-state index in [1.165, 1.54) is 0 Å². The van der Waals surface area contributed by atoms with Gasteiger partial charge < -0.3 is 20.7 Å². The number of hydrogen-bond acceptors (Lipinski definition) is 4. The van der Waals surface area contributed by atoms with E-state index in [9.17, 15) is 19.5 Å². The Balaban J connectivity index is 1.60. The Kier molecular flexibility index (Phi) is 9.40. The number of carbonyl (C=O) groups is 3. The number of nitrogens with one attached hydrogen (secondary N) is 3. The summed E-state index contributed by atoms with van der Waals surface area (Å²) in [5.41, 5.74) is 2.81. The third kappa shape index (κ3) is 8.20. The van der Waals surface area contributed by atoms with Crippen molar-refractivity contribution in [1.29, 1.82) is 0 Å². The molecule has 3 aromatic rings. The Bertz CT molecular complexity index is 1040. The minimum atomic E-state index is -1.10. The number of aryl methyl sites for hydroxylation is 2. The molecule has 0 bridgehead atoms. The molecular formula is C26H30N4O4. The number of H-pyrrole nitrogens is 1. The zero-order valence-electron chi connectivity index (χ0n) is 18.9. The number of imidazole rings is 1. The van der Waals surface area contributed by atoms with Gasteiger partial charge in [0.05, 0.1) is 6.33 Å². The van der Waals surface area contributed by atoms with Crippen molar-refractivity contribution in [2.45, 2.75) is 50.6 Å². The van der Waals surface area contributed by atoms with E-state index in [2.05, 4.69) is 20.6 Å². The van der Waals surface area contributed by atoms with E-state index >= 15 is 0 Å². The fourth-order valence-electron chi connectivity index (χ4n) is 3.68. The highest BCUT2D eigenvalue weighted by molar-refractivity contribution is 5.90. The number of amides is 2. The molecule has 178 valence electrons. The van der Waals surface area contributed by atoms with E-state index in [-0.39, 0.29) is 25.2 Å². The van der Waals surface area contributed by atoms with Gasteiger partial charge in [-0.05, 0) is 36.8 Å². The molecule has 0 aliphatic rings. The molecule has 0 saturated heterocycles. The maximum Gasteiger partial charge on any atom is 0.326 e. The van der Waals surface area contributed by atoms with E-state index in [1.54, 1.807) is 12.5 Å². The molecule has 3 rings (SSSR count). The molecule has 0 fully saturated rings. The molecule has 1 heterocycles. The van der Waals surface area contributed by atoms with Gasteiger partial charge in [-0.2, -0.15) is 0 Å². The average Bonchev–Trinajstić information content (AvgIpc) is 3.36. The summed E-state index contributed by atoms with van der Waals surface area (Å²) in [6, 6.07) is 17.0. The summed E-state index contributed by atoms with van der Waals surface area (Å²) in [6.07, 6.45) is 5.77. The Labute approximate surface area is 198 Å². The summed E-state index contributed by atoms with van der Waals surface area (Å²) < 4.78 is 0. The quantitative estimate of drug-likeness (QED) is 0.311. The van der Waals surface area contributed by atoms with Crippen molar-refractivity contribution in [1.82, 2.24) is 20.6 Å². The van der Waals surface area contributed by atoms with Gasteiger partial charge >= 0.3 is 5.97 Å². The highest BCUT2D eigenvalue weighted by Gasteiger charge is 2.26. The Hall–Kier alpha value is -3.94. The first kappa shape index (κ1) is 24.7. The summed E-state index contributed by atoms with van der Waals surface area (Å²) in [5.74, 6) is -1.87. The number of carboxylic acid groups (broad SMARTS) is 1. The molecule has 0 radical (unpaired) electrons. The number of aromatic amines is 1. The first-order chi connectivity index (χ1) is 16.5. The van der Waals surface area contributed by atoms with Gasteiger partial charge in [0.25, 0.3) is 0 Å². The van der Waals surface area contributed by atoms with Crippen molar-refractivity contribution in [3.63, 3.8) is 0 Å². The normalized spacial score (nSPS) is 12.5. The van der Waals surface area contributed by atoms with Crippen LogP contribution in [-0.2, 0) is 33.6 Å². The minimum Gasteiger partial charge on any atom is -0.480 e. The molecule has 8 nitrogen and oxygen atoms in total. The van der Waals surface area contributed by atoms with Crippen LogP contribution < -0.4 is 10.6 Å². The van der Waals surface area contributed by atoms with Gasteiger partial charge in [-0.15, -0.1) is 0 Å². The molecule has 4 N–H and O–H groups in total. The van der Waals surface area contributed by atoms with Crippen molar-refractivity contribution >= 4 is 17.8 Å². The van der Waals surface area contributed by atoms with Crippen molar-refractivity contribution in [3.05, 3.63) is 90.0 Å². The van der Waals surface area contributed by atoms with Crippen LogP contribution in [-0.4, -0.2) is 44.9 Å². The van der Waals surface area contributed by atoms with Gasteiger partial charge in [0.1, 0.15) is 12.1 Å². The number of nitrogens with zero attached hydrogens (tertiary/aromatic N) is 1. The molecule has 0 aliphatic carbocycles. The highest BCUT2D eigenvalue weighted by atomic mass is 16.4. The smallest absolute Gasteiger partial charge is 0.326 e. The molecule has 8 heteroatoms. The van der Waals surface area contributed by atoms with Crippen molar-refractivity contribution in [2.24, 2.45) is 0 Å². The summed E-state index contributed by atoms with van der Waals surface area (Å²) >= 11 is 0. The van der Waals surface area contributed by atoms with Crippen molar-refractivity contribution in [2.75, 3.05) is 0 Å². The zero-order valence-corrected chi connectivity index (χ0v) is 18.9. The van der Waals surface area contributed by atoms with E-state index in [4.69, 9.17) is 0 Å². The fraction of sp³-hybridized carbons (Fsp3) is 0.308. The van der Waals surface area contributed by atoms with Crippen LogP contribution >= 0.6 is 0 Å². The third-order valence-corrected chi connectivity index (χ3v) is 5.53. The molecule has 0 spiro atoms. The number of carboxylic acids is 1. The number of hydrogen-bond donors (Lipinski definition) is 4. The number of benzene rings is 2. The third-order valence-electron chi connectivity index (χ3n) is 5.53. The molecule has 1 unspecified atom stereocenters. The van der Waals surface area contributed by atoms with Crippen LogP contribution in [0.1, 0.15) is 36.1 Å². The van der Waals surface area contributed by atoms with Crippen LogP contribution in [0.5, 0.6) is 0 Å². The predicted molar refractivity (Wildman–Crippen MR) is 128 cm³/mol. The molecule has 1 aromatic heterocycles. The number of rotatable bonds is 13. The summed E-state index contributed by atoms with van der Waals surface area (Å²) in [6.45, 7) is 0. The van der Waals surface area contributed by atoms with Gasteiger partial charge in [0, 0.05) is 24.7 Å². The first-order valence-electron chi connectivity index (χ1n) is 11.4. The Morgan fingerprint density at radius 1 is 0.882 bits per heavy atom. The topological polar surface area (TPSA) is 124 Å². The molecule has 2 aromatic carbocycles. The number of aromatic nitrogens is 2. The predicted octanol–water partition coefficient (Wildman–Crippen LogP) is 2.66. The lowest BCUT2D eigenvalue weighted by Crippen LogP contribution is -2.52. The second kappa shape index (κ2) is 12.9. The number of carbonyl (C=O) groups excluding carboxylic acids is 2. The SMILES string of the molecule is O=C(CCc1ccccc1)N[C@H](Cc1ccccc1)C(=O)NC(CCCc1cnc[nH]1)C(=O)O. The maximum absolute atomic E-state index is 13.1. The Morgan fingerprint density at radius 3 is 2.18 bits per heavy atom. The molecule has 0 aliphatic heterocycles. The van der Waals surface area contributed by atoms with E-state index < -0.39 is 24.0 Å². The van der Waals surface area contributed by atoms with Crippen LogP contribution in [0.15, 0.2) is 73.2 Å². The lowest BCUT2D eigenvalue weighted by atomic mass is 10.0. The fourth-order valence-corrected chi connectivity index (χ4v) is 3.68. The van der Waals surface area contributed by atoms with Gasteiger partial charge in [-0.25, -0.2) is 9.78 Å². The van der Waals surface area contributed by atoms with Crippen LogP contribution in [0.3, 0.4) is 0 Å². The van der Waals surface area contributed by atoms with E-state index in [0.29, 0.717) is 19.3 Å². The Morgan fingerprint density at radius 2 is 1.56 bits per heavy atom. The van der Waals surface area contributed by atoms with Crippen LogP contribution in [0.2, 0.25) is 0 Å². The van der Waals surface area contributed by atoms with E-state index in [0.717, 1.165) is 16.8 Å². The molecule has 2 amide bonds. The van der Waals surface area contributed by atoms with Crippen LogP contribution in [0.4, 0.5) is 0 Å². The monoisotopic (exact) mass is 462 g/mol. The van der Waals surface area contributed by atoms with Gasteiger partial charge in [0.15, 0.2) is 0 Å². The van der Waals surface area contributed by atoms with Crippen molar-refractivity contribution in [3.8, 4) is 0 Å². The van der Waals surface area contributed by atoms with Crippen molar-refractivity contribution < 1.29 is 19.5 Å². The highest BCUT2D eigenvalue weighted by Crippen LogP contribution is 2.08. The lowest BCUT2D eigenvalue weighted by Gasteiger charge is -2.22. The molecular weight excluding hydrogens is 432 g/mol. The second-order valence-electron chi connectivity index (χ2n) is 8.16. The van der Waals surface area contributed by atoms with Gasteiger partial charge in [0.2, 0.25) is 11.8 Å². The minimum absolute atomic E-state index is 0.231. The second-order valence-corrected chi connectivity index (χ2v) is 8.16. The van der Waals surface area contributed by atoms with Gasteiger partial charge in [-0.3, -0.25) is 9.59 Å². The summed E-state index contributed by atoms with van der Waals surface area (Å²) in [5, 5.41) is 15.0.